The average molecular weight is 522 g/mol. The summed E-state index contributed by atoms with van der Waals surface area (Å²) < 4.78 is 69.3. The number of anilines is 2. The molecule has 0 bridgehead atoms. The zero-order valence-electron chi connectivity index (χ0n) is 19.0. The van der Waals surface area contributed by atoms with Gasteiger partial charge >= 0.3 is 12.1 Å². The Kier molecular flexibility index (Phi) is 6.87. The lowest BCUT2D eigenvalue weighted by Crippen LogP contribution is -2.54. The Morgan fingerprint density at radius 3 is 2.56 bits per heavy atom. The fraction of sp³-hybridized carbons (Fsp3) is 0.261. The molecule has 1 aliphatic rings. The Bertz CT molecular complexity index is 1400. The van der Waals surface area contributed by atoms with Crippen LogP contribution in [0.3, 0.4) is 0 Å². The quantitative estimate of drug-likeness (QED) is 0.452. The zero-order chi connectivity index (χ0) is 26.1. The molecule has 1 aromatic carbocycles. The van der Waals surface area contributed by atoms with Crippen molar-refractivity contribution >= 4 is 27.6 Å². The number of pyridine rings is 2. The van der Waals surface area contributed by atoms with Gasteiger partial charge in [-0.25, -0.2) is 9.97 Å². The molecule has 0 amide bonds. The summed E-state index contributed by atoms with van der Waals surface area (Å²) in [5, 5.41) is 11.7. The van der Waals surface area contributed by atoms with E-state index in [2.05, 4.69) is 20.0 Å². The van der Waals surface area contributed by atoms with Gasteiger partial charge in [-0.15, -0.1) is 0 Å². The topological polar surface area (TPSA) is 125 Å². The monoisotopic (exact) mass is 521 g/mol. The Balaban J connectivity index is 1.66. The van der Waals surface area contributed by atoms with E-state index in [1.165, 1.54) is 18.2 Å². The second-order valence-corrected chi connectivity index (χ2v) is 9.77. The van der Waals surface area contributed by atoms with Gasteiger partial charge in [0.2, 0.25) is 0 Å². The SMILES string of the molecule is Cc1ccccc1-c1nc(NS(=O)(=O)c2cccc(N3CCN[C@H](C(=O)O)C3)n2)ccc1C(F)(F)F. The van der Waals surface area contributed by atoms with Crippen molar-refractivity contribution < 1.29 is 31.5 Å². The molecule has 9 nitrogen and oxygen atoms in total. The van der Waals surface area contributed by atoms with Crippen molar-refractivity contribution in [1.29, 1.82) is 0 Å². The lowest BCUT2D eigenvalue weighted by Gasteiger charge is -2.32. The number of halogens is 3. The number of nitrogens with one attached hydrogen (secondary N) is 2. The largest absolute Gasteiger partial charge is 0.480 e. The van der Waals surface area contributed by atoms with E-state index in [1.54, 1.807) is 36.1 Å². The molecular formula is C23H22F3N5O4S. The smallest absolute Gasteiger partial charge is 0.418 e. The molecule has 0 aliphatic carbocycles. The lowest BCUT2D eigenvalue weighted by molar-refractivity contribution is -0.139. The maximum atomic E-state index is 13.7. The third-order valence-electron chi connectivity index (χ3n) is 5.62. The van der Waals surface area contributed by atoms with E-state index in [9.17, 15) is 31.5 Å². The first kappa shape index (κ1) is 25.4. The van der Waals surface area contributed by atoms with Crippen LogP contribution < -0.4 is 14.9 Å². The third-order valence-corrected chi connectivity index (χ3v) is 6.88. The van der Waals surface area contributed by atoms with E-state index in [-0.39, 0.29) is 28.8 Å². The summed E-state index contributed by atoms with van der Waals surface area (Å²) in [4.78, 5) is 21.1. The van der Waals surface area contributed by atoms with Gasteiger partial charge in [0.1, 0.15) is 17.7 Å². The van der Waals surface area contributed by atoms with Crippen LogP contribution in [-0.4, -0.2) is 55.1 Å². The highest BCUT2D eigenvalue weighted by Crippen LogP contribution is 2.38. The first-order chi connectivity index (χ1) is 17.0. The number of aryl methyl sites for hydroxylation is 1. The van der Waals surface area contributed by atoms with E-state index in [0.29, 0.717) is 18.7 Å². The normalized spacial score (nSPS) is 16.6. The van der Waals surface area contributed by atoms with Gasteiger partial charge < -0.3 is 15.3 Å². The number of nitrogens with zero attached hydrogens (tertiary/aromatic N) is 3. The van der Waals surface area contributed by atoms with Crippen LogP contribution in [0, 0.1) is 6.92 Å². The van der Waals surface area contributed by atoms with Crippen LogP contribution in [0.15, 0.2) is 59.6 Å². The highest BCUT2D eigenvalue weighted by Gasteiger charge is 2.35. The zero-order valence-corrected chi connectivity index (χ0v) is 19.8. The molecule has 190 valence electrons. The van der Waals surface area contributed by atoms with Crippen LogP contribution in [0.25, 0.3) is 11.3 Å². The number of aliphatic carboxylic acids is 1. The average Bonchev–Trinajstić information content (AvgIpc) is 2.83. The van der Waals surface area contributed by atoms with E-state index in [1.807, 2.05) is 0 Å². The first-order valence-electron chi connectivity index (χ1n) is 10.8. The Morgan fingerprint density at radius 2 is 1.86 bits per heavy atom. The Labute approximate surface area is 205 Å². The van der Waals surface area contributed by atoms with Gasteiger partial charge in [0.15, 0.2) is 5.03 Å². The van der Waals surface area contributed by atoms with Gasteiger partial charge in [-0.1, -0.05) is 30.3 Å². The highest BCUT2D eigenvalue weighted by molar-refractivity contribution is 7.92. The van der Waals surface area contributed by atoms with Crippen LogP contribution in [0.2, 0.25) is 0 Å². The van der Waals surface area contributed by atoms with Crippen molar-refractivity contribution in [1.82, 2.24) is 15.3 Å². The lowest BCUT2D eigenvalue weighted by atomic mass is 10.0. The number of rotatable bonds is 6. The van der Waals surface area contributed by atoms with Crippen LogP contribution in [-0.2, 0) is 21.0 Å². The summed E-state index contributed by atoms with van der Waals surface area (Å²) in [6.45, 7) is 2.49. The van der Waals surface area contributed by atoms with E-state index in [4.69, 9.17) is 0 Å². The molecule has 1 saturated heterocycles. The summed E-state index contributed by atoms with van der Waals surface area (Å²) >= 11 is 0. The maximum Gasteiger partial charge on any atom is 0.418 e. The predicted molar refractivity (Wildman–Crippen MR) is 126 cm³/mol. The summed E-state index contributed by atoms with van der Waals surface area (Å²) in [7, 11) is -4.33. The third kappa shape index (κ3) is 5.41. The number of hydrogen-bond donors (Lipinski definition) is 3. The minimum absolute atomic E-state index is 0.0828. The number of hydrogen-bond acceptors (Lipinski definition) is 7. The number of carbonyl (C=O) groups is 1. The van der Waals surface area contributed by atoms with Gasteiger partial charge in [0, 0.05) is 25.2 Å². The summed E-state index contributed by atoms with van der Waals surface area (Å²) in [6, 6.07) is 11.5. The van der Waals surface area contributed by atoms with Gasteiger partial charge in [-0.3, -0.25) is 9.52 Å². The second kappa shape index (κ2) is 9.74. The molecule has 0 radical (unpaired) electrons. The minimum atomic E-state index is -4.70. The molecule has 0 unspecified atom stereocenters. The van der Waals surface area contributed by atoms with Crippen LogP contribution in [0.1, 0.15) is 11.1 Å². The molecule has 13 heteroatoms. The fourth-order valence-corrected chi connectivity index (χ4v) is 4.80. The number of piperazine rings is 1. The van der Waals surface area contributed by atoms with E-state index >= 15 is 0 Å². The van der Waals surface area contributed by atoms with Crippen molar-refractivity contribution in [2.24, 2.45) is 0 Å². The highest BCUT2D eigenvalue weighted by atomic mass is 32.2. The van der Waals surface area contributed by atoms with Crippen molar-refractivity contribution in [3.05, 3.63) is 65.7 Å². The van der Waals surface area contributed by atoms with Crippen LogP contribution in [0.4, 0.5) is 24.8 Å². The second-order valence-electron chi connectivity index (χ2n) is 8.14. The first-order valence-corrected chi connectivity index (χ1v) is 12.3. The van der Waals surface area contributed by atoms with Gasteiger partial charge in [0.05, 0.1) is 11.3 Å². The summed E-state index contributed by atoms with van der Waals surface area (Å²) in [6.07, 6.45) is -4.70. The standard InChI is InChI=1S/C23H22F3N5O4S/c1-14-5-2-3-6-15(14)21-16(23(24,25)26)9-10-18(28-21)30-36(34,35)20-8-4-7-19(29-20)31-12-11-27-17(13-31)22(32)33/h2-10,17,27H,11-13H2,1H3,(H,28,30)(H,32,33)/t17-/m0/s1. The maximum absolute atomic E-state index is 13.7. The van der Waals surface area contributed by atoms with E-state index < -0.39 is 39.5 Å². The summed E-state index contributed by atoms with van der Waals surface area (Å²) in [5.41, 5.74) is -0.632. The number of aromatic nitrogens is 2. The van der Waals surface area contributed by atoms with Crippen LogP contribution >= 0.6 is 0 Å². The summed E-state index contributed by atoms with van der Waals surface area (Å²) in [5.74, 6) is -1.09. The van der Waals surface area contributed by atoms with E-state index in [0.717, 1.165) is 12.1 Å². The Hall–Kier alpha value is -3.71. The number of benzene rings is 1. The molecule has 2 aromatic heterocycles. The minimum Gasteiger partial charge on any atom is -0.480 e. The molecule has 0 saturated carbocycles. The number of sulfonamides is 1. The van der Waals surface area contributed by atoms with Crippen molar-refractivity contribution in [2.45, 2.75) is 24.2 Å². The fourth-order valence-electron chi connectivity index (χ4n) is 3.83. The Morgan fingerprint density at radius 1 is 1.11 bits per heavy atom. The van der Waals surface area contributed by atoms with Gasteiger partial charge in [0.25, 0.3) is 10.0 Å². The molecular weight excluding hydrogens is 499 g/mol. The van der Waals surface area contributed by atoms with Gasteiger partial charge in [-0.2, -0.15) is 21.6 Å². The number of alkyl halides is 3. The molecule has 1 fully saturated rings. The number of carboxylic acids is 1. The molecule has 3 aromatic rings. The molecule has 36 heavy (non-hydrogen) atoms. The molecule has 3 N–H and O–H groups in total. The van der Waals surface area contributed by atoms with Crippen LogP contribution in [0.5, 0.6) is 0 Å². The molecule has 1 atom stereocenters. The molecule has 4 rings (SSSR count). The van der Waals surface area contributed by atoms with Crippen molar-refractivity contribution in [3.63, 3.8) is 0 Å². The van der Waals surface area contributed by atoms with Crippen molar-refractivity contribution in [2.75, 3.05) is 29.3 Å². The molecule has 0 spiro atoms. The predicted octanol–water partition coefficient (Wildman–Crippen LogP) is 3.13. The molecule has 1 aliphatic heterocycles. The molecule has 3 heterocycles. The van der Waals surface area contributed by atoms with Gasteiger partial charge in [-0.05, 0) is 36.8 Å². The number of carboxylic acid groups (broad SMARTS) is 1. The van der Waals surface area contributed by atoms with Crippen molar-refractivity contribution in [3.8, 4) is 11.3 Å².